The van der Waals surface area contributed by atoms with Crippen LogP contribution in [0.5, 0.6) is 11.5 Å². The Labute approximate surface area is 119 Å². The van der Waals surface area contributed by atoms with Crippen LogP contribution in [0.1, 0.15) is 17.2 Å². The summed E-state index contributed by atoms with van der Waals surface area (Å²) in [4.78, 5) is 13.7. The van der Waals surface area contributed by atoms with E-state index in [4.69, 9.17) is 9.47 Å². The number of nitrogens with zero attached hydrogens (tertiary/aromatic N) is 1. The number of fused-ring (bicyclic) bond motifs is 1. The first-order chi connectivity index (χ1) is 9.65. The van der Waals surface area contributed by atoms with Crippen LogP contribution >= 0.6 is 0 Å². The van der Waals surface area contributed by atoms with Crippen molar-refractivity contribution < 1.29 is 14.3 Å². The maximum Gasteiger partial charge on any atom is 0.246 e. The molecule has 4 nitrogen and oxygen atoms in total. The molecule has 0 fully saturated rings. The van der Waals surface area contributed by atoms with Crippen LogP contribution in [0.2, 0.25) is 0 Å². The first-order valence-corrected chi connectivity index (χ1v) is 6.46. The number of methoxy groups -OCH3 is 2. The topological polar surface area (TPSA) is 38.8 Å². The van der Waals surface area contributed by atoms with Crippen LogP contribution in [0.15, 0.2) is 37.4 Å². The first kappa shape index (κ1) is 14.2. The second-order valence-corrected chi connectivity index (χ2v) is 4.57. The lowest BCUT2D eigenvalue weighted by molar-refractivity contribution is -0.127. The number of hydrogen-bond acceptors (Lipinski definition) is 3. The number of hydrogen-bond donors (Lipinski definition) is 0. The van der Waals surface area contributed by atoms with E-state index in [0.717, 1.165) is 17.5 Å². The standard InChI is InChI=1S/C16H19NO3/c1-5-13-12-10-15(20-4)14(19-3)9-11(12)7-8-17(13)16(18)6-2/h5-6,9-10,13H,1-2,7-8H2,3-4H3. The smallest absolute Gasteiger partial charge is 0.246 e. The van der Waals surface area contributed by atoms with Gasteiger partial charge in [-0.25, -0.2) is 0 Å². The van der Waals surface area contributed by atoms with E-state index >= 15 is 0 Å². The van der Waals surface area contributed by atoms with Gasteiger partial charge < -0.3 is 14.4 Å². The molecule has 0 radical (unpaired) electrons. The lowest BCUT2D eigenvalue weighted by atomic mass is 9.91. The van der Waals surface area contributed by atoms with Gasteiger partial charge in [0.25, 0.3) is 0 Å². The summed E-state index contributed by atoms with van der Waals surface area (Å²) in [6.45, 7) is 8.04. The Kier molecular flexibility index (Phi) is 4.13. The second kappa shape index (κ2) is 5.82. The van der Waals surface area contributed by atoms with Gasteiger partial charge in [0, 0.05) is 6.54 Å². The SMILES string of the molecule is C=CC(=O)N1CCc2cc(OC)c(OC)cc2C1C=C. The van der Waals surface area contributed by atoms with Crippen LogP contribution in [0.25, 0.3) is 0 Å². The number of rotatable bonds is 4. The van der Waals surface area contributed by atoms with Crippen LogP contribution in [0.3, 0.4) is 0 Å². The molecule has 0 saturated heterocycles. The molecule has 0 aliphatic carbocycles. The van der Waals surface area contributed by atoms with Gasteiger partial charge in [0.05, 0.1) is 20.3 Å². The molecular formula is C16H19NO3. The molecule has 1 aromatic rings. The summed E-state index contributed by atoms with van der Waals surface area (Å²) in [5.74, 6) is 1.28. The summed E-state index contributed by atoms with van der Waals surface area (Å²) >= 11 is 0. The van der Waals surface area contributed by atoms with Crippen LogP contribution < -0.4 is 9.47 Å². The zero-order valence-corrected chi connectivity index (χ0v) is 11.9. The minimum atomic E-state index is -0.163. The molecule has 2 rings (SSSR count). The minimum Gasteiger partial charge on any atom is -0.493 e. The molecule has 4 heteroatoms. The van der Waals surface area contributed by atoms with Crippen molar-refractivity contribution in [3.8, 4) is 11.5 Å². The van der Waals surface area contributed by atoms with Crippen molar-refractivity contribution in [1.29, 1.82) is 0 Å². The summed E-state index contributed by atoms with van der Waals surface area (Å²) in [6, 6.07) is 3.73. The molecule has 0 bridgehead atoms. The van der Waals surface area contributed by atoms with Gasteiger partial charge in [0.1, 0.15) is 0 Å². The van der Waals surface area contributed by atoms with E-state index in [9.17, 15) is 4.79 Å². The lowest BCUT2D eigenvalue weighted by Gasteiger charge is -2.35. The first-order valence-electron chi connectivity index (χ1n) is 6.46. The number of benzene rings is 1. The molecule has 1 aromatic carbocycles. The van der Waals surface area contributed by atoms with Crippen LogP contribution in [0, 0.1) is 0 Å². The van der Waals surface area contributed by atoms with Crippen molar-refractivity contribution in [2.24, 2.45) is 0 Å². The zero-order chi connectivity index (χ0) is 14.7. The molecule has 1 atom stereocenters. The molecule has 1 heterocycles. The highest BCUT2D eigenvalue weighted by Gasteiger charge is 2.29. The van der Waals surface area contributed by atoms with Gasteiger partial charge in [-0.2, -0.15) is 0 Å². The van der Waals surface area contributed by atoms with E-state index in [0.29, 0.717) is 18.0 Å². The van der Waals surface area contributed by atoms with E-state index < -0.39 is 0 Å². The third-order valence-electron chi connectivity index (χ3n) is 3.60. The zero-order valence-electron chi connectivity index (χ0n) is 11.9. The molecule has 1 aliphatic rings. The van der Waals surface area contributed by atoms with Crippen LogP contribution in [-0.2, 0) is 11.2 Å². The minimum absolute atomic E-state index is 0.0877. The van der Waals surface area contributed by atoms with Crippen molar-refractivity contribution >= 4 is 5.91 Å². The molecule has 1 amide bonds. The van der Waals surface area contributed by atoms with Crippen molar-refractivity contribution in [3.05, 3.63) is 48.6 Å². The van der Waals surface area contributed by atoms with Crippen LogP contribution in [-0.4, -0.2) is 31.6 Å². The average molecular weight is 273 g/mol. The van der Waals surface area contributed by atoms with Crippen LogP contribution in [0.4, 0.5) is 0 Å². The molecule has 0 N–H and O–H groups in total. The normalized spacial score (nSPS) is 17.1. The Morgan fingerprint density at radius 3 is 2.50 bits per heavy atom. The third kappa shape index (κ3) is 2.29. The average Bonchev–Trinajstić information content (AvgIpc) is 2.51. The predicted molar refractivity (Wildman–Crippen MR) is 78.1 cm³/mol. The summed E-state index contributed by atoms with van der Waals surface area (Å²) in [7, 11) is 3.22. The summed E-state index contributed by atoms with van der Waals surface area (Å²) in [5, 5.41) is 0. The van der Waals surface area contributed by atoms with Crippen molar-refractivity contribution in [2.45, 2.75) is 12.5 Å². The van der Waals surface area contributed by atoms with E-state index in [1.54, 1.807) is 25.2 Å². The maximum absolute atomic E-state index is 11.9. The number of carbonyl (C=O) groups excluding carboxylic acids is 1. The van der Waals surface area contributed by atoms with Gasteiger partial charge in [-0.3, -0.25) is 4.79 Å². The highest BCUT2D eigenvalue weighted by atomic mass is 16.5. The fourth-order valence-electron chi connectivity index (χ4n) is 2.60. The Hall–Kier alpha value is -2.23. The predicted octanol–water partition coefficient (Wildman–Crippen LogP) is 2.50. The summed E-state index contributed by atoms with van der Waals surface area (Å²) in [6.07, 6.45) is 3.88. The van der Waals surface area contributed by atoms with Gasteiger partial charge in [-0.1, -0.05) is 12.7 Å². The van der Waals surface area contributed by atoms with Crippen molar-refractivity contribution in [3.63, 3.8) is 0 Å². The van der Waals surface area contributed by atoms with Gasteiger partial charge in [0.15, 0.2) is 11.5 Å². The molecule has 1 unspecified atom stereocenters. The van der Waals surface area contributed by atoms with Crippen molar-refractivity contribution in [2.75, 3.05) is 20.8 Å². The molecule has 20 heavy (non-hydrogen) atoms. The Balaban J connectivity index is 2.50. The molecule has 0 saturated carbocycles. The monoisotopic (exact) mass is 273 g/mol. The molecule has 1 aliphatic heterocycles. The highest BCUT2D eigenvalue weighted by Crippen LogP contribution is 2.38. The summed E-state index contributed by atoms with van der Waals surface area (Å²) < 4.78 is 10.7. The third-order valence-corrected chi connectivity index (χ3v) is 3.60. The fourth-order valence-corrected chi connectivity index (χ4v) is 2.60. The Morgan fingerprint density at radius 1 is 1.30 bits per heavy atom. The summed E-state index contributed by atoms with van der Waals surface area (Å²) in [5.41, 5.74) is 2.18. The second-order valence-electron chi connectivity index (χ2n) is 4.57. The fraction of sp³-hybridized carbons (Fsp3) is 0.312. The van der Waals surface area contributed by atoms with E-state index in [-0.39, 0.29) is 11.9 Å². The lowest BCUT2D eigenvalue weighted by Crippen LogP contribution is -2.38. The number of ether oxygens (including phenoxy) is 2. The molecule has 106 valence electrons. The van der Waals surface area contributed by atoms with E-state index in [2.05, 4.69) is 13.2 Å². The van der Waals surface area contributed by atoms with E-state index in [1.807, 2.05) is 12.1 Å². The van der Waals surface area contributed by atoms with Gasteiger partial charge in [-0.05, 0) is 35.8 Å². The number of amides is 1. The van der Waals surface area contributed by atoms with E-state index in [1.165, 1.54) is 6.08 Å². The Bertz CT molecular complexity index is 551. The van der Waals surface area contributed by atoms with Gasteiger partial charge in [-0.15, -0.1) is 6.58 Å². The maximum atomic E-state index is 11.9. The molecule has 0 spiro atoms. The largest absolute Gasteiger partial charge is 0.493 e. The molecule has 0 aromatic heterocycles. The number of carbonyl (C=O) groups is 1. The molecular weight excluding hydrogens is 254 g/mol. The van der Waals surface area contributed by atoms with Gasteiger partial charge >= 0.3 is 0 Å². The van der Waals surface area contributed by atoms with Crippen molar-refractivity contribution in [1.82, 2.24) is 4.90 Å². The highest BCUT2D eigenvalue weighted by molar-refractivity contribution is 5.87. The van der Waals surface area contributed by atoms with Gasteiger partial charge in [0.2, 0.25) is 5.91 Å². The quantitative estimate of drug-likeness (QED) is 0.625. The Morgan fingerprint density at radius 2 is 1.95 bits per heavy atom.